The van der Waals surface area contributed by atoms with Gasteiger partial charge in [0.05, 0.1) is 6.61 Å². The third-order valence-electron chi connectivity index (χ3n) is 6.06. The second kappa shape index (κ2) is 11.9. The highest BCUT2D eigenvalue weighted by atomic mass is 32.7. The van der Waals surface area contributed by atoms with Crippen LogP contribution in [0.1, 0.15) is 6.23 Å². The quantitative estimate of drug-likeness (QED) is 0.0599. The number of ether oxygens (including phenoxy) is 2. The number of aromatic nitrogens is 4. The molecule has 4 rings (SSSR count). The Labute approximate surface area is 239 Å². The van der Waals surface area contributed by atoms with Gasteiger partial charge in [0.1, 0.15) is 48.8 Å². The largest absolute Gasteiger partial charge is 0.483 e. The van der Waals surface area contributed by atoms with Gasteiger partial charge in [-0.25, -0.2) is 28.5 Å². The molecule has 2 aliphatic heterocycles. The molecule has 0 radical (unpaired) electrons. The van der Waals surface area contributed by atoms with Crippen LogP contribution >= 0.6 is 26.9 Å². The summed E-state index contributed by atoms with van der Waals surface area (Å²) in [5, 5.41) is 60.3. The zero-order valence-corrected chi connectivity index (χ0v) is 23.4. The highest BCUT2D eigenvalue weighted by Crippen LogP contribution is 2.66. The Morgan fingerprint density at radius 3 is 2.60 bits per heavy atom. The molecule has 0 amide bonds. The standard InChI is InChI=1S/C19H24FN5O14P2S/c1-2-19(31)14(30)8(36-18(19)25-6-24-9-15(21)22-5-23-16(9)25)4-35-41(34,42)39-40(32,33)38-17-12(29)10(27)11(28)13(37-17)7(20)3-26/h1,4-7,10-14,17-18,26-31H,3H2,(H,32,33)(H,34,42)(H2,21,22,23)/b8-4+/t7-,10?,11?,12?,13?,14+,17?,18+,19+,41?/m0/s1. The van der Waals surface area contributed by atoms with Crippen LogP contribution < -0.4 is 5.73 Å². The molecule has 7 unspecified atom stereocenters. The summed E-state index contributed by atoms with van der Waals surface area (Å²) in [7, 11) is -5.60. The van der Waals surface area contributed by atoms with Gasteiger partial charge >= 0.3 is 14.6 Å². The Hall–Kier alpha value is -2.41. The normalized spacial score (nSPS) is 36.1. The van der Waals surface area contributed by atoms with Crippen molar-refractivity contribution < 1.29 is 71.9 Å². The van der Waals surface area contributed by atoms with Crippen molar-refractivity contribution in [2.45, 2.75) is 54.8 Å². The van der Waals surface area contributed by atoms with Crippen LogP contribution in [0.15, 0.2) is 24.7 Å². The molecular formula is C19H24FN5O14P2S. The summed E-state index contributed by atoms with van der Waals surface area (Å²) in [4.78, 5) is 21.8. The van der Waals surface area contributed by atoms with Crippen molar-refractivity contribution >= 4 is 43.9 Å². The van der Waals surface area contributed by atoms with Gasteiger partial charge in [-0.15, -0.1) is 6.42 Å². The number of hydrogen-bond acceptors (Lipinski definition) is 17. The first kappa shape index (κ1) is 32.5. The van der Waals surface area contributed by atoms with E-state index in [4.69, 9.17) is 31.3 Å². The second-order valence-corrected chi connectivity index (χ2v) is 13.2. The molecule has 2 aromatic heterocycles. The molecule has 2 fully saturated rings. The van der Waals surface area contributed by atoms with Crippen LogP contribution in [0.3, 0.4) is 0 Å². The van der Waals surface area contributed by atoms with Gasteiger partial charge < -0.3 is 55.3 Å². The fourth-order valence-electron chi connectivity index (χ4n) is 3.97. The van der Waals surface area contributed by atoms with Crippen LogP contribution in [-0.2, 0) is 32.0 Å². The first-order valence-corrected chi connectivity index (χ1v) is 15.6. The minimum Gasteiger partial charge on any atom is -0.464 e. The average molecular weight is 659 g/mol. The lowest BCUT2D eigenvalue weighted by molar-refractivity contribution is -0.287. The van der Waals surface area contributed by atoms with Crippen molar-refractivity contribution in [2.75, 3.05) is 12.3 Å². The molecule has 11 atom stereocenters. The van der Waals surface area contributed by atoms with Gasteiger partial charge in [0, 0.05) is 0 Å². The second-order valence-electron chi connectivity index (χ2n) is 8.81. The third kappa shape index (κ3) is 6.13. The molecule has 232 valence electrons. The smallest absolute Gasteiger partial charge is 0.464 e. The number of thiol groups is 1. The van der Waals surface area contributed by atoms with E-state index in [1.807, 2.05) is 5.92 Å². The van der Waals surface area contributed by atoms with Gasteiger partial charge in [0.15, 0.2) is 35.8 Å². The van der Waals surface area contributed by atoms with E-state index in [1.165, 1.54) is 0 Å². The van der Waals surface area contributed by atoms with E-state index in [0.717, 1.165) is 17.2 Å². The Morgan fingerprint density at radius 1 is 1.26 bits per heavy atom. The van der Waals surface area contributed by atoms with Crippen LogP contribution in [0.5, 0.6) is 0 Å². The fourth-order valence-corrected chi connectivity index (χ4v) is 6.97. The van der Waals surface area contributed by atoms with E-state index < -0.39 is 81.8 Å². The number of anilines is 1. The van der Waals surface area contributed by atoms with E-state index in [0.29, 0.717) is 6.26 Å². The topological polar surface area (TPSA) is 292 Å². The number of alkyl halides is 1. The van der Waals surface area contributed by atoms with E-state index in [2.05, 4.69) is 36.0 Å². The van der Waals surface area contributed by atoms with Crippen molar-refractivity contribution in [3.05, 3.63) is 24.7 Å². The number of imidazole rings is 1. The number of fused-ring (bicyclic) bond motifs is 1. The SMILES string of the molecule is C#C[C@@]1(O)[C@H](O)/C(=C\OP(=O)(S)OP(=O)(O)OC2OC([C@@H](F)CO)C(O)C(O)C2O)O[C@H]1n1cnc2c(N)ncnc21. The van der Waals surface area contributed by atoms with Gasteiger partial charge in [-0.05, 0) is 12.2 Å². The summed E-state index contributed by atoms with van der Waals surface area (Å²) in [5.41, 5.74) is 3.39. The molecule has 0 spiro atoms. The van der Waals surface area contributed by atoms with Crippen molar-refractivity contribution in [2.24, 2.45) is 0 Å². The van der Waals surface area contributed by atoms with Crippen LogP contribution in [0.4, 0.5) is 10.2 Å². The van der Waals surface area contributed by atoms with Crippen molar-refractivity contribution in [1.82, 2.24) is 19.5 Å². The molecule has 0 bridgehead atoms. The fraction of sp³-hybridized carbons (Fsp3) is 0.526. The summed E-state index contributed by atoms with van der Waals surface area (Å²) in [6, 6.07) is 0. The maximum Gasteiger partial charge on any atom is 0.483 e. The summed E-state index contributed by atoms with van der Waals surface area (Å²) in [6.45, 7) is -6.18. The maximum atomic E-state index is 13.9. The molecule has 2 aromatic rings. The van der Waals surface area contributed by atoms with E-state index >= 15 is 0 Å². The Balaban J connectivity index is 1.49. The molecule has 0 aliphatic carbocycles. The predicted octanol–water partition coefficient (Wildman–Crippen LogP) is -2.17. The zero-order chi connectivity index (χ0) is 31.2. The number of halogens is 1. The van der Waals surface area contributed by atoms with Gasteiger partial charge in [0.25, 0.3) is 0 Å². The summed E-state index contributed by atoms with van der Waals surface area (Å²) in [6.07, 6.45) is -8.76. The van der Waals surface area contributed by atoms with Gasteiger partial charge in [-0.1, -0.05) is 5.92 Å². The number of nitrogens with zero attached hydrogens (tertiary/aromatic N) is 4. The number of rotatable bonds is 9. The van der Waals surface area contributed by atoms with Gasteiger partial charge in [-0.2, -0.15) is 4.31 Å². The van der Waals surface area contributed by atoms with Crippen LogP contribution in [0.25, 0.3) is 11.2 Å². The molecular weight excluding hydrogens is 635 g/mol. The highest BCUT2D eigenvalue weighted by molar-refractivity contribution is 8.45. The molecule has 4 heterocycles. The molecule has 2 aliphatic rings. The highest BCUT2D eigenvalue weighted by Gasteiger charge is 2.55. The minimum absolute atomic E-state index is 0.0188. The summed E-state index contributed by atoms with van der Waals surface area (Å²) >= 11 is 3.51. The maximum absolute atomic E-state index is 13.9. The van der Waals surface area contributed by atoms with E-state index in [-0.39, 0.29) is 17.0 Å². The minimum atomic E-state index is -5.60. The first-order chi connectivity index (χ1) is 19.5. The Kier molecular flexibility index (Phi) is 9.24. The van der Waals surface area contributed by atoms with Crippen LogP contribution in [0, 0.1) is 12.3 Å². The van der Waals surface area contributed by atoms with Crippen molar-refractivity contribution in [3.63, 3.8) is 0 Å². The monoisotopic (exact) mass is 659 g/mol. The molecule has 2 saturated heterocycles. The number of terminal acetylenes is 1. The van der Waals surface area contributed by atoms with Gasteiger partial charge in [-0.3, -0.25) is 9.09 Å². The lowest BCUT2D eigenvalue weighted by Gasteiger charge is -2.41. The molecule has 23 heteroatoms. The number of phosphoric acid groups is 1. The molecule has 9 N–H and O–H groups in total. The lowest BCUT2D eigenvalue weighted by Crippen LogP contribution is -2.60. The molecule has 0 aromatic carbocycles. The average Bonchev–Trinajstić information content (AvgIpc) is 3.46. The van der Waals surface area contributed by atoms with Gasteiger partial charge in [0.2, 0.25) is 11.8 Å². The predicted molar refractivity (Wildman–Crippen MR) is 136 cm³/mol. The van der Waals surface area contributed by atoms with Crippen molar-refractivity contribution in [1.29, 1.82) is 0 Å². The number of nitrogens with two attached hydrogens (primary N) is 1. The van der Waals surface area contributed by atoms with E-state index in [9.17, 15) is 43.9 Å². The number of phosphoric ester groups is 1. The number of aliphatic hydroxyl groups excluding tert-OH is 5. The number of hydrogen-bond donors (Lipinski definition) is 9. The molecule has 0 saturated carbocycles. The molecule has 42 heavy (non-hydrogen) atoms. The third-order valence-corrected chi connectivity index (χ3v) is 9.50. The molecule has 19 nitrogen and oxygen atoms in total. The van der Waals surface area contributed by atoms with Crippen molar-refractivity contribution in [3.8, 4) is 12.3 Å². The Morgan fingerprint density at radius 2 is 1.95 bits per heavy atom. The zero-order valence-electron chi connectivity index (χ0n) is 20.7. The Bertz CT molecular complexity index is 1490. The first-order valence-electron chi connectivity index (χ1n) is 11.4. The van der Waals surface area contributed by atoms with E-state index in [1.54, 1.807) is 0 Å². The van der Waals surface area contributed by atoms with Crippen LogP contribution in [-0.4, -0.2) is 110 Å². The number of nitrogen functional groups attached to an aromatic ring is 1. The van der Waals surface area contributed by atoms with Crippen LogP contribution in [0.2, 0.25) is 0 Å². The number of aliphatic hydroxyl groups is 6. The summed E-state index contributed by atoms with van der Waals surface area (Å²) in [5.74, 6) is 1.28. The lowest BCUT2D eigenvalue weighted by atomic mass is 9.96. The summed E-state index contributed by atoms with van der Waals surface area (Å²) < 4.78 is 64.2.